The predicted molar refractivity (Wildman–Crippen MR) is 51.0 cm³/mol. The van der Waals surface area contributed by atoms with E-state index in [0.717, 1.165) is 0 Å². The summed E-state index contributed by atoms with van der Waals surface area (Å²) in [5.41, 5.74) is 0.149. The van der Waals surface area contributed by atoms with Gasteiger partial charge in [-0.3, -0.25) is 0 Å². The molecule has 13 heavy (non-hydrogen) atoms. The van der Waals surface area contributed by atoms with E-state index in [-0.39, 0.29) is 11.3 Å². The fourth-order valence-corrected chi connectivity index (χ4v) is 0.531. The van der Waals surface area contributed by atoms with Crippen molar-refractivity contribution in [3.05, 3.63) is 48.8 Å². The largest absolute Gasteiger partial charge is 0.540 e. The van der Waals surface area contributed by atoms with E-state index in [9.17, 15) is 4.79 Å². The van der Waals surface area contributed by atoms with Crippen LogP contribution in [-0.2, 0) is 9.45 Å². The zero-order valence-electron chi connectivity index (χ0n) is 7.06. The topological polar surface area (TPSA) is 46.5 Å². The van der Waals surface area contributed by atoms with Crippen LogP contribution in [0.25, 0.3) is 0 Å². The highest BCUT2D eigenvalue weighted by molar-refractivity contribution is 6.10. The average molecular weight is 176 g/mol. The molecule has 0 aliphatic carbocycles. The molecular weight excluding hydrogens is 167 g/mol. The molecule has 0 unspecified atom stereocenters. The summed E-state index contributed by atoms with van der Waals surface area (Å²) in [6.07, 6.45) is 5.09. The van der Waals surface area contributed by atoms with Gasteiger partial charge in [0.05, 0.1) is 5.57 Å². The Bertz CT molecular complexity index is 277. The van der Waals surface area contributed by atoms with E-state index in [0.29, 0.717) is 0 Å². The fourth-order valence-electron chi connectivity index (χ4n) is 0.531. The molecule has 0 aliphatic heterocycles. The van der Waals surface area contributed by atoms with Crippen molar-refractivity contribution >= 4 is 14.0 Å². The van der Waals surface area contributed by atoms with Crippen molar-refractivity contribution in [3.8, 4) is 0 Å². The quantitative estimate of drug-likeness (QED) is 0.304. The molecular formula is C9H9BO3. The van der Waals surface area contributed by atoms with E-state index in [2.05, 4.69) is 25.9 Å². The van der Waals surface area contributed by atoms with Gasteiger partial charge in [0, 0.05) is 0 Å². The van der Waals surface area contributed by atoms with E-state index >= 15 is 0 Å². The van der Waals surface area contributed by atoms with E-state index in [4.69, 9.17) is 5.11 Å². The molecule has 4 heteroatoms. The molecule has 66 valence electrons. The molecule has 0 aromatic rings. The molecule has 2 radical (unpaired) electrons. The maximum Gasteiger partial charge on any atom is 0.378 e. The summed E-state index contributed by atoms with van der Waals surface area (Å²) >= 11 is 0. The van der Waals surface area contributed by atoms with Crippen molar-refractivity contribution < 1.29 is 14.6 Å². The predicted octanol–water partition coefficient (Wildman–Crippen LogP) is 1.35. The van der Waals surface area contributed by atoms with E-state index in [1.165, 1.54) is 24.3 Å². The van der Waals surface area contributed by atoms with E-state index in [1.807, 2.05) is 0 Å². The maximum atomic E-state index is 10.8. The standard InChI is InChI=1S/C9H9BO3/c1-3-7(9(12)13-10)5-6-8(11)4-2/h3-6,11H,1-2H2/b7-5+,8-6+. The van der Waals surface area contributed by atoms with Gasteiger partial charge in [0.15, 0.2) is 0 Å². The number of aliphatic hydroxyl groups excluding tert-OH is 1. The lowest BCUT2D eigenvalue weighted by molar-refractivity contribution is -0.129. The first-order valence-electron chi connectivity index (χ1n) is 3.42. The molecule has 0 amide bonds. The van der Waals surface area contributed by atoms with Crippen LogP contribution in [0.2, 0.25) is 0 Å². The highest BCUT2D eigenvalue weighted by atomic mass is 16.5. The molecule has 0 aromatic heterocycles. The molecule has 0 aromatic carbocycles. The molecule has 0 spiro atoms. The van der Waals surface area contributed by atoms with Crippen LogP contribution in [0.1, 0.15) is 0 Å². The molecule has 3 nitrogen and oxygen atoms in total. The minimum Gasteiger partial charge on any atom is -0.540 e. The molecule has 0 saturated heterocycles. The minimum absolute atomic E-state index is 0.0656. The van der Waals surface area contributed by atoms with Crippen LogP contribution in [0.3, 0.4) is 0 Å². The Hall–Kier alpha value is -1.71. The van der Waals surface area contributed by atoms with Crippen LogP contribution in [0, 0.1) is 0 Å². The lowest BCUT2D eigenvalue weighted by Crippen LogP contribution is -2.02. The van der Waals surface area contributed by atoms with Crippen molar-refractivity contribution in [2.45, 2.75) is 0 Å². The summed E-state index contributed by atoms with van der Waals surface area (Å²) in [7, 11) is 4.65. The Morgan fingerprint density at radius 2 is 1.92 bits per heavy atom. The normalized spacial score (nSPS) is 12.0. The van der Waals surface area contributed by atoms with Crippen molar-refractivity contribution in [1.29, 1.82) is 0 Å². The smallest absolute Gasteiger partial charge is 0.378 e. The van der Waals surface area contributed by atoms with Crippen molar-refractivity contribution in [1.82, 2.24) is 0 Å². The second kappa shape index (κ2) is 5.88. The van der Waals surface area contributed by atoms with E-state index in [1.54, 1.807) is 0 Å². The van der Waals surface area contributed by atoms with Gasteiger partial charge in [0.1, 0.15) is 5.76 Å². The number of hydrogen-bond donors (Lipinski definition) is 1. The Kier molecular flexibility index (Phi) is 5.11. The SMILES string of the molecule is [B]OC(=O)/C(C=C)=C/C=C(/O)C=C. The summed E-state index contributed by atoms with van der Waals surface area (Å²) in [6.45, 7) is 6.69. The van der Waals surface area contributed by atoms with Gasteiger partial charge < -0.3 is 9.76 Å². The first kappa shape index (κ1) is 11.3. The summed E-state index contributed by atoms with van der Waals surface area (Å²) in [5, 5.41) is 8.94. The number of carbonyl (C=O) groups is 1. The second-order valence-corrected chi connectivity index (χ2v) is 2.03. The molecule has 0 heterocycles. The molecule has 0 saturated carbocycles. The molecule has 0 fully saturated rings. The van der Waals surface area contributed by atoms with Crippen molar-refractivity contribution in [2.24, 2.45) is 0 Å². The first-order chi connectivity index (χ1) is 6.15. The van der Waals surface area contributed by atoms with Crippen LogP contribution >= 0.6 is 0 Å². The van der Waals surface area contributed by atoms with Gasteiger partial charge in [0.25, 0.3) is 0 Å². The van der Waals surface area contributed by atoms with Gasteiger partial charge in [-0.2, -0.15) is 0 Å². The van der Waals surface area contributed by atoms with Gasteiger partial charge >= 0.3 is 14.0 Å². The number of aliphatic hydroxyl groups is 1. The van der Waals surface area contributed by atoms with Crippen LogP contribution < -0.4 is 0 Å². The highest BCUT2D eigenvalue weighted by Crippen LogP contribution is 2.00. The van der Waals surface area contributed by atoms with Gasteiger partial charge in [-0.25, -0.2) is 4.79 Å². The Morgan fingerprint density at radius 3 is 2.31 bits per heavy atom. The number of hydrogen-bond acceptors (Lipinski definition) is 3. The highest BCUT2D eigenvalue weighted by Gasteiger charge is 2.02. The van der Waals surface area contributed by atoms with Crippen LogP contribution in [-0.4, -0.2) is 19.1 Å². The summed E-state index contributed by atoms with van der Waals surface area (Å²) in [6, 6.07) is 0. The minimum atomic E-state index is -0.719. The zero-order valence-corrected chi connectivity index (χ0v) is 7.06. The summed E-state index contributed by atoms with van der Waals surface area (Å²) in [5.74, 6) is -0.785. The second-order valence-electron chi connectivity index (χ2n) is 2.03. The lowest BCUT2D eigenvalue weighted by atomic mass is 10.2. The van der Waals surface area contributed by atoms with Crippen LogP contribution in [0.4, 0.5) is 0 Å². The van der Waals surface area contributed by atoms with Gasteiger partial charge in [-0.1, -0.05) is 19.2 Å². The van der Waals surface area contributed by atoms with Gasteiger partial charge in [0.2, 0.25) is 0 Å². The number of allylic oxidation sites excluding steroid dienone is 3. The summed E-state index contributed by atoms with van der Waals surface area (Å²) in [4.78, 5) is 10.8. The van der Waals surface area contributed by atoms with Gasteiger partial charge in [-0.05, 0) is 18.2 Å². The maximum absolute atomic E-state index is 10.8. The Morgan fingerprint density at radius 1 is 1.31 bits per heavy atom. The molecule has 0 atom stereocenters. The van der Waals surface area contributed by atoms with Crippen LogP contribution in [0.15, 0.2) is 48.8 Å². The zero-order chi connectivity index (χ0) is 10.3. The Balaban J connectivity index is 4.67. The van der Waals surface area contributed by atoms with Crippen molar-refractivity contribution in [2.75, 3.05) is 0 Å². The molecule has 0 rings (SSSR count). The third-order valence-corrected chi connectivity index (χ3v) is 1.21. The fraction of sp³-hybridized carbons (Fsp3) is 0. The first-order valence-corrected chi connectivity index (χ1v) is 3.42. The third kappa shape index (κ3) is 4.01. The van der Waals surface area contributed by atoms with Gasteiger partial charge in [-0.15, -0.1) is 0 Å². The Labute approximate surface area is 78.2 Å². The number of carbonyl (C=O) groups excluding carboxylic acids is 1. The summed E-state index contributed by atoms with van der Waals surface area (Å²) < 4.78 is 3.95. The lowest BCUT2D eigenvalue weighted by Gasteiger charge is -1.97. The average Bonchev–Trinajstić information content (AvgIpc) is 2.17. The molecule has 1 N–H and O–H groups in total. The monoisotopic (exact) mass is 176 g/mol. The molecule has 0 bridgehead atoms. The van der Waals surface area contributed by atoms with Crippen LogP contribution in [0.5, 0.6) is 0 Å². The van der Waals surface area contributed by atoms with E-state index < -0.39 is 5.97 Å². The third-order valence-electron chi connectivity index (χ3n) is 1.21. The number of rotatable bonds is 4. The van der Waals surface area contributed by atoms with Crippen molar-refractivity contribution in [3.63, 3.8) is 0 Å². The molecule has 0 aliphatic rings.